The van der Waals surface area contributed by atoms with Crippen LogP contribution in [0.5, 0.6) is 5.88 Å². The molecule has 6 rings (SSSR count). The van der Waals surface area contributed by atoms with Gasteiger partial charge >= 0.3 is 0 Å². The number of piperazine rings is 1. The highest BCUT2D eigenvalue weighted by Gasteiger charge is 2.37. The molecule has 1 aromatic heterocycles. The minimum absolute atomic E-state index is 0.0390. The first-order chi connectivity index (χ1) is 15.2. The van der Waals surface area contributed by atoms with E-state index in [1.54, 1.807) is 6.07 Å². The van der Waals surface area contributed by atoms with Crippen molar-refractivity contribution < 1.29 is 9.94 Å². The standard InChI is InChI=1S/C23H22ClN5O2/c24-13-5-6-19-17(9-13)20(23(30)27-19)22-21(16-3-1-2-4-18(16)26-22)28-31-8-7-29-12-14-10-15(29)11-25-14/h1-6,9,14-15,25,27,30H,7-8,10-12H2/b28-21+/t14-,15-/m0/s1. The van der Waals surface area contributed by atoms with Gasteiger partial charge in [-0.15, -0.1) is 0 Å². The molecule has 8 heteroatoms. The van der Waals surface area contributed by atoms with Crippen LogP contribution in [-0.4, -0.2) is 64.7 Å². The van der Waals surface area contributed by atoms with E-state index in [-0.39, 0.29) is 5.88 Å². The average Bonchev–Trinajstić information content (AvgIpc) is 3.52. The number of aromatic hydroxyl groups is 1. The SMILES string of the molecule is Oc1[nH]c2ccc(Cl)cc2c1C1=Nc2ccccc2/C1=N\OCCN1C[C@@H]2C[C@H]1CN2. The number of hydrogen-bond donors (Lipinski definition) is 3. The molecule has 2 saturated heterocycles. The molecule has 7 nitrogen and oxygen atoms in total. The van der Waals surface area contributed by atoms with Gasteiger partial charge in [0.25, 0.3) is 0 Å². The second-order valence-electron chi connectivity index (χ2n) is 8.28. The van der Waals surface area contributed by atoms with Crippen LogP contribution in [0, 0.1) is 0 Å². The molecule has 3 aromatic rings. The van der Waals surface area contributed by atoms with Gasteiger partial charge in [-0.3, -0.25) is 4.90 Å². The molecule has 3 aliphatic heterocycles. The van der Waals surface area contributed by atoms with Crippen LogP contribution in [0.2, 0.25) is 5.02 Å². The van der Waals surface area contributed by atoms with Crippen LogP contribution >= 0.6 is 11.6 Å². The number of H-pyrrole nitrogens is 1. The van der Waals surface area contributed by atoms with Crippen LogP contribution < -0.4 is 5.32 Å². The first kappa shape index (κ1) is 18.9. The van der Waals surface area contributed by atoms with Gasteiger partial charge in [0.2, 0.25) is 0 Å². The van der Waals surface area contributed by atoms with E-state index in [1.165, 1.54) is 6.42 Å². The van der Waals surface area contributed by atoms with Crippen LogP contribution in [0.3, 0.4) is 0 Å². The number of halogens is 1. The highest BCUT2D eigenvalue weighted by Crippen LogP contribution is 2.36. The quantitative estimate of drug-likeness (QED) is 0.423. The fourth-order valence-corrected chi connectivity index (χ4v) is 5.09. The predicted molar refractivity (Wildman–Crippen MR) is 122 cm³/mol. The molecule has 2 fully saturated rings. The summed E-state index contributed by atoms with van der Waals surface area (Å²) in [6.45, 7) is 3.49. The molecule has 4 heterocycles. The van der Waals surface area contributed by atoms with Crippen molar-refractivity contribution in [3.05, 3.63) is 58.6 Å². The third kappa shape index (κ3) is 3.20. The summed E-state index contributed by atoms with van der Waals surface area (Å²) in [6.07, 6.45) is 1.22. The molecule has 3 N–H and O–H groups in total. The van der Waals surface area contributed by atoms with Crippen molar-refractivity contribution in [1.29, 1.82) is 0 Å². The van der Waals surface area contributed by atoms with Crippen LogP contribution in [0.1, 0.15) is 17.5 Å². The van der Waals surface area contributed by atoms with E-state index in [9.17, 15) is 5.11 Å². The maximum absolute atomic E-state index is 10.7. The van der Waals surface area contributed by atoms with Gasteiger partial charge in [-0.1, -0.05) is 35.0 Å². The zero-order valence-corrected chi connectivity index (χ0v) is 17.6. The first-order valence-corrected chi connectivity index (χ1v) is 10.9. The molecule has 0 saturated carbocycles. The Morgan fingerprint density at radius 2 is 2.16 bits per heavy atom. The minimum atomic E-state index is 0.0390. The Balaban J connectivity index is 1.31. The average molecular weight is 436 g/mol. The first-order valence-electron chi connectivity index (χ1n) is 10.5. The van der Waals surface area contributed by atoms with Crippen molar-refractivity contribution in [1.82, 2.24) is 15.2 Å². The van der Waals surface area contributed by atoms with Gasteiger partial charge in [0.1, 0.15) is 18.0 Å². The van der Waals surface area contributed by atoms with Crippen LogP contribution in [-0.2, 0) is 4.84 Å². The van der Waals surface area contributed by atoms with Crippen LogP contribution in [0.4, 0.5) is 5.69 Å². The molecule has 2 bridgehead atoms. The highest BCUT2D eigenvalue weighted by atomic mass is 35.5. The van der Waals surface area contributed by atoms with Crippen molar-refractivity contribution >= 4 is 39.6 Å². The number of hydrogen-bond acceptors (Lipinski definition) is 6. The van der Waals surface area contributed by atoms with E-state index in [4.69, 9.17) is 21.4 Å². The molecule has 0 amide bonds. The van der Waals surface area contributed by atoms with Gasteiger partial charge in [0.05, 0.1) is 11.3 Å². The number of aromatic nitrogens is 1. The number of rotatable bonds is 5. The second kappa shape index (κ2) is 7.37. The van der Waals surface area contributed by atoms with Crippen molar-refractivity contribution in [2.24, 2.45) is 10.1 Å². The van der Waals surface area contributed by atoms with Gasteiger partial charge in [0, 0.05) is 53.2 Å². The Labute approximate surface area is 184 Å². The van der Waals surface area contributed by atoms with Crippen molar-refractivity contribution in [2.45, 2.75) is 18.5 Å². The third-order valence-corrected chi connectivity index (χ3v) is 6.62. The molecule has 31 heavy (non-hydrogen) atoms. The summed E-state index contributed by atoms with van der Waals surface area (Å²) in [5.74, 6) is 0.0390. The van der Waals surface area contributed by atoms with Gasteiger partial charge in [-0.2, -0.15) is 0 Å². The third-order valence-electron chi connectivity index (χ3n) is 6.39. The van der Waals surface area contributed by atoms with E-state index in [2.05, 4.69) is 20.4 Å². The molecule has 0 aliphatic carbocycles. The number of oxime groups is 1. The molecule has 2 aromatic carbocycles. The van der Waals surface area contributed by atoms with E-state index in [0.717, 1.165) is 41.8 Å². The van der Waals surface area contributed by atoms with E-state index in [0.29, 0.717) is 40.7 Å². The van der Waals surface area contributed by atoms with Crippen LogP contribution in [0.25, 0.3) is 10.9 Å². The summed E-state index contributed by atoms with van der Waals surface area (Å²) in [4.78, 5) is 16.0. The number of nitrogens with zero attached hydrogens (tertiary/aromatic N) is 3. The summed E-state index contributed by atoms with van der Waals surface area (Å²) >= 11 is 6.22. The minimum Gasteiger partial charge on any atom is -0.494 e. The topological polar surface area (TPSA) is 85.2 Å². The lowest BCUT2D eigenvalue weighted by atomic mass is 10.0. The summed E-state index contributed by atoms with van der Waals surface area (Å²) in [5, 5.41) is 20.1. The lowest BCUT2D eigenvalue weighted by molar-refractivity contribution is 0.101. The molecule has 0 unspecified atom stereocenters. The van der Waals surface area contributed by atoms with Gasteiger partial charge in [-0.25, -0.2) is 4.99 Å². The fourth-order valence-electron chi connectivity index (χ4n) is 4.92. The van der Waals surface area contributed by atoms with Gasteiger partial charge < -0.3 is 20.2 Å². The Kier molecular flexibility index (Phi) is 4.49. The molecule has 2 atom stereocenters. The maximum atomic E-state index is 10.7. The number of aromatic amines is 1. The fraction of sp³-hybridized carbons (Fsp3) is 0.304. The summed E-state index contributed by atoms with van der Waals surface area (Å²) < 4.78 is 0. The molecule has 0 radical (unpaired) electrons. The normalized spacial score (nSPS) is 23.6. The monoisotopic (exact) mass is 435 g/mol. The van der Waals surface area contributed by atoms with Crippen molar-refractivity contribution in [2.75, 3.05) is 26.2 Å². The molecular weight excluding hydrogens is 414 g/mol. The van der Waals surface area contributed by atoms with Gasteiger partial charge in [0.15, 0.2) is 5.88 Å². The van der Waals surface area contributed by atoms with Crippen LogP contribution in [0.15, 0.2) is 52.6 Å². The number of benzene rings is 2. The Morgan fingerprint density at radius 1 is 1.26 bits per heavy atom. The molecule has 0 spiro atoms. The molecular formula is C23H22ClN5O2. The number of fused-ring (bicyclic) bond motifs is 4. The molecule has 3 aliphatic rings. The van der Waals surface area contributed by atoms with Crippen molar-refractivity contribution in [3.8, 4) is 5.88 Å². The smallest absolute Gasteiger partial charge is 0.199 e. The highest BCUT2D eigenvalue weighted by molar-refractivity contribution is 6.58. The Bertz CT molecular complexity index is 1230. The lowest BCUT2D eigenvalue weighted by Crippen LogP contribution is -2.44. The van der Waals surface area contributed by atoms with Crippen molar-refractivity contribution in [3.63, 3.8) is 0 Å². The number of para-hydroxylation sites is 1. The van der Waals surface area contributed by atoms with E-state index < -0.39 is 0 Å². The summed E-state index contributed by atoms with van der Waals surface area (Å²) in [7, 11) is 0. The largest absolute Gasteiger partial charge is 0.494 e. The molecule has 158 valence electrons. The van der Waals surface area contributed by atoms with E-state index in [1.807, 2.05) is 36.4 Å². The summed E-state index contributed by atoms with van der Waals surface area (Å²) in [5.41, 5.74) is 4.26. The maximum Gasteiger partial charge on any atom is 0.199 e. The zero-order chi connectivity index (χ0) is 20.9. The Morgan fingerprint density at radius 3 is 3.00 bits per heavy atom. The van der Waals surface area contributed by atoms with Gasteiger partial charge in [-0.05, 0) is 30.7 Å². The number of nitrogens with one attached hydrogen (secondary N) is 2. The number of likely N-dealkylation sites (tertiary alicyclic amines) is 1. The van der Waals surface area contributed by atoms with E-state index >= 15 is 0 Å². The lowest BCUT2D eigenvalue weighted by Gasteiger charge is -2.26. The zero-order valence-electron chi connectivity index (χ0n) is 16.8. The number of aliphatic imine (C=N–C) groups is 1. The predicted octanol–water partition coefficient (Wildman–Crippen LogP) is 3.43. The Hall–Kier alpha value is -2.87. The second-order valence-corrected chi connectivity index (χ2v) is 8.72. The summed E-state index contributed by atoms with van der Waals surface area (Å²) in [6, 6.07) is 14.5.